The molecule has 0 saturated carbocycles. The third-order valence-electron chi connectivity index (χ3n) is 3.78. The van der Waals surface area contributed by atoms with Crippen molar-refractivity contribution in [3.05, 3.63) is 63.4 Å². The molecule has 24 heavy (non-hydrogen) atoms. The van der Waals surface area contributed by atoms with Crippen LogP contribution >= 0.6 is 27.3 Å². The monoisotopic (exact) mass is 402 g/mol. The Morgan fingerprint density at radius 1 is 1.21 bits per heavy atom. The number of amides is 1. The van der Waals surface area contributed by atoms with Gasteiger partial charge >= 0.3 is 0 Å². The highest BCUT2D eigenvalue weighted by Gasteiger charge is 2.08. The van der Waals surface area contributed by atoms with Gasteiger partial charge in [-0.15, -0.1) is 0 Å². The average molecular weight is 403 g/mol. The van der Waals surface area contributed by atoms with Gasteiger partial charge in [0.25, 0.3) is 0 Å². The number of carbonyl (C=O) groups excluding carboxylic acids is 1. The molecule has 1 amide bonds. The number of nitrogens with zero attached hydrogens (tertiary/aromatic N) is 2. The maximum Gasteiger partial charge on any atom is 0.248 e. The number of hydrogen-bond acceptors (Lipinski definition) is 2. The molecule has 0 spiro atoms. The van der Waals surface area contributed by atoms with Crippen molar-refractivity contribution in [1.29, 1.82) is 0 Å². The van der Waals surface area contributed by atoms with Crippen LogP contribution in [-0.2, 0) is 17.8 Å². The van der Waals surface area contributed by atoms with E-state index in [4.69, 9.17) is 0 Å². The van der Waals surface area contributed by atoms with Crippen molar-refractivity contribution in [2.45, 2.75) is 32.7 Å². The highest BCUT2D eigenvalue weighted by molar-refractivity contribution is 9.10. The number of rotatable bonds is 5. The van der Waals surface area contributed by atoms with Crippen molar-refractivity contribution in [2.24, 2.45) is 4.99 Å². The summed E-state index contributed by atoms with van der Waals surface area (Å²) in [5, 5.41) is 0. The van der Waals surface area contributed by atoms with Crippen LogP contribution < -0.4 is 4.80 Å². The Morgan fingerprint density at radius 2 is 2.00 bits per heavy atom. The minimum Gasteiger partial charge on any atom is -0.316 e. The second-order valence-corrected chi connectivity index (χ2v) is 7.56. The Bertz CT molecular complexity index is 912. The number of carbonyl (C=O) groups is 1. The molecule has 0 N–H and O–H groups in total. The zero-order valence-electron chi connectivity index (χ0n) is 13.5. The Kier molecular flexibility index (Phi) is 5.63. The van der Waals surface area contributed by atoms with Crippen molar-refractivity contribution >= 4 is 43.4 Å². The van der Waals surface area contributed by atoms with Gasteiger partial charge in [-0.1, -0.05) is 64.5 Å². The number of thiazole rings is 1. The van der Waals surface area contributed by atoms with Crippen LogP contribution in [0.3, 0.4) is 0 Å². The third kappa shape index (κ3) is 4.02. The SMILES string of the molecule is CCCn1c(=NC(=O)CCc2ccccc2)sc2cc(Br)ccc21. The molecule has 124 valence electrons. The van der Waals surface area contributed by atoms with E-state index < -0.39 is 0 Å². The predicted molar refractivity (Wildman–Crippen MR) is 103 cm³/mol. The average Bonchev–Trinajstić information content (AvgIpc) is 2.91. The van der Waals surface area contributed by atoms with E-state index >= 15 is 0 Å². The van der Waals surface area contributed by atoms with Crippen LogP contribution in [-0.4, -0.2) is 10.5 Å². The Morgan fingerprint density at radius 3 is 2.75 bits per heavy atom. The quantitative estimate of drug-likeness (QED) is 0.595. The van der Waals surface area contributed by atoms with Gasteiger partial charge in [0.2, 0.25) is 5.91 Å². The van der Waals surface area contributed by atoms with E-state index in [1.54, 1.807) is 11.3 Å². The first-order valence-corrected chi connectivity index (χ1v) is 9.68. The smallest absolute Gasteiger partial charge is 0.248 e. The predicted octanol–water partition coefficient (Wildman–Crippen LogP) is 4.94. The van der Waals surface area contributed by atoms with Gasteiger partial charge in [-0.3, -0.25) is 4.79 Å². The Hall–Kier alpha value is -1.72. The summed E-state index contributed by atoms with van der Waals surface area (Å²) in [6.45, 7) is 3.00. The van der Waals surface area contributed by atoms with Gasteiger partial charge in [0.1, 0.15) is 0 Å². The largest absolute Gasteiger partial charge is 0.316 e. The van der Waals surface area contributed by atoms with Crippen LogP contribution in [0.1, 0.15) is 25.3 Å². The fraction of sp³-hybridized carbons (Fsp3) is 0.263. The lowest BCUT2D eigenvalue weighted by atomic mass is 10.1. The second kappa shape index (κ2) is 7.90. The molecule has 0 atom stereocenters. The van der Waals surface area contributed by atoms with Crippen LogP contribution in [0.5, 0.6) is 0 Å². The first-order chi connectivity index (χ1) is 11.7. The Balaban J connectivity index is 1.88. The molecule has 3 aromatic rings. The van der Waals surface area contributed by atoms with Crippen molar-refractivity contribution in [1.82, 2.24) is 4.57 Å². The topological polar surface area (TPSA) is 34.4 Å². The minimum atomic E-state index is -0.0608. The van der Waals surface area contributed by atoms with Gasteiger partial charge in [0, 0.05) is 17.4 Å². The zero-order valence-corrected chi connectivity index (χ0v) is 15.9. The number of hydrogen-bond donors (Lipinski definition) is 0. The summed E-state index contributed by atoms with van der Waals surface area (Å²) in [5.74, 6) is -0.0608. The molecule has 1 heterocycles. The molecule has 0 fully saturated rings. The standard InChI is InChI=1S/C19H19BrN2OS/c1-2-12-22-16-10-9-15(20)13-17(16)24-19(22)21-18(23)11-8-14-6-4-3-5-7-14/h3-7,9-10,13H,2,8,11-12H2,1H3. The molecule has 0 bridgehead atoms. The fourth-order valence-electron chi connectivity index (χ4n) is 2.63. The van der Waals surface area contributed by atoms with Gasteiger partial charge in [-0.05, 0) is 36.6 Å². The van der Waals surface area contributed by atoms with E-state index in [0.29, 0.717) is 6.42 Å². The maximum absolute atomic E-state index is 12.3. The van der Waals surface area contributed by atoms with Crippen LogP contribution in [0, 0.1) is 0 Å². The van der Waals surface area contributed by atoms with E-state index in [-0.39, 0.29) is 5.91 Å². The van der Waals surface area contributed by atoms with Gasteiger partial charge in [0.05, 0.1) is 10.2 Å². The lowest BCUT2D eigenvalue weighted by Gasteiger charge is -2.02. The van der Waals surface area contributed by atoms with E-state index in [9.17, 15) is 4.79 Å². The first-order valence-electron chi connectivity index (χ1n) is 8.07. The van der Waals surface area contributed by atoms with Gasteiger partial charge in [-0.2, -0.15) is 4.99 Å². The number of aromatic nitrogens is 1. The highest BCUT2D eigenvalue weighted by atomic mass is 79.9. The number of halogens is 1. The van der Waals surface area contributed by atoms with Crippen LogP contribution in [0.15, 0.2) is 58.0 Å². The highest BCUT2D eigenvalue weighted by Crippen LogP contribution is 2.22. The van der Waals surface area contributed by atoms with Gasteiger partial charge in [0.15, 0.2) is 4.80 Å². The van der Waals surface area contributed by atoms with Crippen molar-refractivity contribution in [3.8, 4) is 0 Å². The maximum atomic E-state index is 12.3. The first kappa shape index (κ1) is 17.1. The van der Waals surface area contributed by atoms with E-state index in [2.05, 4.69) is 44.5 Å². The van der Waals surface area contributed by atoms with Gasteiger partial charge < -0.3 is 4.57 Å². The molecule has 0 aliphatic rings. The molecule has 0 unspecified atom stereocenters. The molecule has 0 saturated heterocycles. The molecule has 0 aliphatic heterocycles. The number of fused-ring (bicyclic) bond motifs is 1. The number of aryl methyl sites for hydroxylation is 2. The summed E-state index contributed by atoms with van der Waals surface area (Å²) < 4.78 is 4.33. The molecule has 0 aliphatic carbocycles. The summed E-state index contributed by atoms with van der Waals surface area (Å²) in [5.41, 5.74) is 2.31. The molecule has 1 aromatic heterocycles. The fourth-order valence-corrected chi connectivity index (χ4v) is 4.26. The number of benzene rings is 2. The van der Waals surface area contributed by atoms with Crippen LogP contribution in [0.2, 0.25) is 0 Å². The van der Waals surface area contributed by atoms with Crippen molar-refractivity contribution in [3.63, 3.8) is 0 Å². The lowest BCUT2D eigenvalue weighted by molar-refractivity contribution is -0.118. The van der Waals surface area contributed by atoms with E-state index in [0.717, 1.165) is 38.9 Å². The minimum absolute atomic E-state index is 0.0608. The normalized spacial score (nSPS) is 12.0. The molecule has 0 radical (unpaired) electrons. The summed E-state index contributed by atoms with van der Waals surface area (Å²) in [7, 11) is 0. The van der Waals surface area contributed by atoms with E-state index in [1.807, 2.05) is 36.4 Å². The summed E-state index contributed by atoms with van der Waals surface area (Å²) in [6, 6.07) is 16.3. The molecule has 2 aromatic carbocycles. The van der Waals surface area contributed by atoms with E-state index in [1.165, 1.54) is 5.56 Å². The van der Waals surface area contributed by atoms with Crippen LogP contribution in [0.4, 0.5) is 0 Å². The van der Waals surface area contributed by atoms with Crippen LogP contribution in [0.25, 0.3) is 10.2 Å². The summed E-state index contributed by atoms with van der Waals surface area (Å²) >= 11 is 5.08. The third-order valence-corrected chi connectivity index (χ3v) is 5.32. The molecule has 3 rings (SSSR count). The summed E-state index contributed by atoms with van der Waals surface area (Å²) in [4.78, 5) is 17.5. The van der Waals surface area contributed by atoms with Crippen molar-refractivity contribution in [2.75, 3.05) is 0 Å². The van der Waals surface area contributed by atoms with Gasteiger partial charge in [-0.25, -0.2) is 0 Å². The zero-order chi connectivity index (χ0) is 16.9. The molecule has 5 heteroatoms. The summed E-state index contributed by atoms with van der Waals surface area (Å²) in [6.07, 6.45) is 2.18. The molecular formula is C19H19BrN2OS. The second-order valence-electron chi connectivity index (χ2n) is 5.64. The van der Waals surface area contributed by atoms with Crippen molar-refractivity contribution < 1.29 is 4.79 Å². The molecular weight excluding hydrogens is 384 g/mol. The lowest BCUT2D eigenvalue weighted by Crippen LogP contribution is -2.16. The Labute approximate surface area is 153 Å². The molecule has 3 nitrogen and oxygen atoms in total.